The van der Waals surface area contributed by atoms with Crippen molar-refractivity contribution in [1.29, 1.82) is 0 Å². The van der Waals surface area contributed by atoms with Gasteiger partial charge in [0.15, 0.2) is 11.5 Å². The maximum Gasteiger partial charge on any atom is 0.331 e. The van der Waals surface area contributed by atoms with Gasteiger partial charge in [-0.1, -0.05) is 30.3 Å². The van der Waals surface area contributed by atoms with Crippen molar-refractivity contribution < 1.29 is 23.9 Å². The van der Waals surface area contributed by atoms with E-state index in [1.807, 2.05) is 37.3 Å². The van der Waals surface area contributed by atoms with Crippen LogP contribution < -0.4 is 9.47 Å². The van der Waals surface area contributed by atoms with Crippen LogP contribution in [0.2, 0.25) is 0 Å². The zero-order chi connectivity index (χ0) is 22.5. The van der Waals surface area contributed by atoms with Crippen molar-refractivity contribution in [3.63, 3.8) is 0 Å². The molecular formula is C25H20N2O5. The molecule has 0 radical (unpaired) electrons. The molecule has 0 N–H and O–H groups in total. The second-order valence-corrected chi connectivity index (χ2v) is 6.94. The van der Waals surface area contributed by atoms with E-state index in [0.29, 0.717) is 12.4 Å². The summed E-state index contributed by atoms with van der Waals surface area (Å²) in [6.07, 6.45) is 5.44. The highest BCUT2D eigenvalue weighted by Crippen LogP contribution is 2.30. The quantitative estimate of drug-likeness (QED) is 0.323. The molecular weight excluding hydrogens is 408 g/mol. The number of aromatic nitrogens is 1. The van der Waals surface area contributed by atoms with Gasteiger partial charge in [-0.2, -0.15) is 0 Å². The molecule has 0 saturated carbocycles. The third kappa shape index (κ3) is 4.41. The normalized spacial score (nSPS) is 12.8. The van der Waals surface area contributed by atoms with Crippen LogP contribution >= 0.6 is 0 Å². The maximum atomic E-state index is 12.5. The molecule has 0 fully saturated rings. The minimum absolute atomic E-state index is 0.212. The Labute approximate surface area is 184 Å². The molecule has 0 saturated heterocycles. The Kier molecular flexibility index (Phi) is 6.07. The third-order valence-corrected chi connectivity index (χ3v) is 4.79. The lowest BCUT2D eigenvalue weighted by Crippen LogP contribution is -2.36. The number of pyridine rings is 1. The van der Waals surface area contributed by atoms with Gasteiger partial charge in [0.1, 0.15) is 6.54 Å². The van der Waals surface area contributed by atoms with Gasteiger partial charge in [-0.15, -0.1) is 0 Å². The van der Waals surface area contributed by atoms with E-state index >= 15 is 0 Å². The Morgan fingerprint density at radius 1 is 0.938 bits per heavy atom. The molecule has 0 aliphatic carbocycles. The number of esters is 1. The smallest absolute Gasteiger partial charge is 0.331 e. The van der Waals surface area contributed by atoms with E-state index < -0.39 is 24.3 Å². The second kappa shape index (κ2) is 9.26. The van der Waals surface area contributed by atoms with Gasteiger partial charge in [-0.3, -0.25) is 19.5 Å². The van der Waals surface area contributed by atoms with Crippen molar-refractivity contribution in [2.45, 2.75) is 6.92 Å². The lowest BCUT2D eigenvalue weighted by atomic mass is 10.1. The summed E-state index contributed by atoms with van der Waals surface area (Å²) >= 11 is 0. The van der Waals surface area contributed by atoms with Crippen LogP contribution in [0, 0.1) is 0 Å². The molecule has 1 aliphatic rings. The fourth-order valence-corrected chi connectivity index (χ4v) is 3.30. The highest BCUT2D eigenvalue weighted by Gasteiger charge is 2.36. The van der Waals surface area contributed by atoms with Crippen molar-refractivity contribution >= 4 is 29.9 Å². The fraction of sp³-hybridized carbons (Fsp3) is 0.120. The summed E-state index contributed by atoms with van der Waals surface area (Å²) < 4.78 is 11.0. The van der Waals surface area contributed by atoms with Crippen LogP contribution in [0.25, 0.3) is 12.2 Å². The summed E-state index contributed by atoms with van der Waals surface area (Å²) in [6.45, 7) is 1.70. The topological polar surface area (TPSA) is 85.8 Å². The van der Waals surface area contributed by atoms with Crippen molar-refractivity contribution in [3.8, 4) is 11.5 Å². The molecule has 0 bridgehead atoms. The number of nitrogens with zero attached hydrogens (tertiary/aromatic N) is 2. The minimum Gasteiger partial charge on any atom is -0.490 e. The number of fused-ring (bicyclic) bond motifs is 1. The fourth-order valence-electron chi connectivity index (χ4n) is 3.30. The standard InChI is InChI=1S/C25H20N2O5/c1-2-31-22-15-17(10-12-18-7-5-6-14-26-18)11-13-21(22)32-23(28)16-27-24(29)19-8-3-4-9-20(19)25(27)30/h3-15H,2,16H2,1H3/b12-10+. The van der Waals surface area contributed by atoms with Crippen molar-refractivity contribution in [2.75, 3.05) is 13.2 Å². The Morgan fingerprint density at radius 3 is 2.31 bits per heavy atom. The van der Waals surface area contributed by atoms with Gasteiger partial charge in [-0.25, -0.2) is 4.79 Å². The number of hydrogen-bond acceptors (Lipinski definition) is 6. The molecule has 1 aromatic heterocycles. The number of hydrogen-bond donors (Lipinski definition) is 0. The largest absolute Gasteiger partial charge is 0.490 e. The van der Waals surface area contributed by atoms with Gasteiger partial charge in [-0.05, 0) is 55.0 Å². The van der Waals surface area contributed by atoms with Gasteiger partial charge >= 0.3 is 5.97 Å². The van der Waals surface area contributed by atoms with Crippen LogP contribution in [-0.4, -0.2) is 40.8 Å². The number of benzene rings is 2. The molecule has 160 valence electrons. The molecule has 3 aromatic rings. The van der Waals surface area contributed by atoms with Gasteiger partial charge in [0.25, 0.3) is 11.8 Å². The van der Waals surface area contributed by atoms with Crippen molar-refractivity contribution in [3.05, 3.63) is 89.2 Å². The Morgan fingerprint density at radius 2 is 1.66 bits per heavy atom. The van der Waals surface area contributed by atoms with Gasteiger partial charge in [0, 0.05) is 6.20 Å². The predicted molar refractivity (Wildman–Crippen MR) is 118 cm³/mol. The first-order chi connectivity index (χ1) is 15.6. The Balaban J connectivity index is 1.47. The second-order valence-electron chi connectivity index (χ2n) is 6.94. The SMILES string of the molecule is CCOc1cc(/C=C/c2ccccn2)ccc1OC(=O)CN1C(=O)c2ccccc2C1=O. The van der Waals surface area contributed by atoms with E-state index in [-0.39, 0.29) is 16.9 Å². The van der Waals surface area contributed by atoms with Crippen LogP contribution in [0.3, 0.4) is 0 Å². The first-order valence-corrected chi connectivity index (χ1v) is 10.1. The van der Waals surface area contributed by atoms with Crippen LogP contribution in [0.1, 0.15) is 38.9 Å². The number of carbonyl (C=O) groups is 3. The molecule has 2 amide bonds. The number of imide groups is 1. The molecule has 7 heteroatoms. The molecule has 1 aliphatic heterocycles. The van der Waals surface area contributed by atoms with Crippen LogP contribution in [-0.2, 0) is 4.79 Å². The summed E-state index contributed by atoms with van der Waals surface area (Å²) in [6, 6.07) is 17.2. The summed E-state index contributed by atoms with van der Waals surface area (Å²) in [4.78, 5) is 42.6. The summed E-state index contributed by atoms with van der Waals surface area (Å²) in [7, 11) is 0. The van der Waals surface area contributed by atoms with E-state index in [1.54, 1.807) is 48.7 Å². The average Bonchev–Trinajstić information content (AvgIpc) is 3.05. The van der Waals surface area contributed by atoms with E-state index in [9.17, 15) is 14.4 Å². The zero-order valence-electron chi connectivity index (χ0n) is 17.4. The summed E-state index contributed by atoms with van der Waals surface area (Å²) in [5.41, 5.74) is 2.20. The minimum atomic E-state index is -0.739. The number of carbonyl (C=O) groups excluding carboxylic acids is 3. The molecule has 2 heterocycles. The Bertz CT molecular complexity index is 1170. The monoisotopic (exact) mass is 428 g/mol. The zero-order valence-corrected chi connectivity index (χ0v) is 17.4. The van der Waals surface area contributed by atoms with Crippen LogP contribution in [0.15, 0.2) is 66.9 Å². The molecule has 0 unspecified atom stereocenters. The van der Waals surface area contributed by atoms with Gasteiger partial charge < -0.3 is 9.47 Å². The molecule has 0 spiro atoms. The first-order valence-electron chi connectivity index (χ1n) is 10.1. The maximum absolute atomic E-state index is 12.5. The molecule has 2 aromatic carbocycles. The van der Waals surface area contributed by atoms with E-state index in [4.69, 9.17) is 9.47 Å². The van der Waals surface area contributed by atoms with Gasteiger partial charge in [0.05, 0.1) is 23.4 Å². The van der Waals surface area contributed by atoms with E-state index in [2.05, 4.69) is 4.98 Å². The number of rotatable bonds is 7. The van der Waals surface area contributed by atoms with E-state index in [0.717, 1.165) is 16.2 Å². The predicted octanol–water partition coefficient (Wildman–Crippen LogP) is 3.85. The molecule has 4 rings (SSSR count). The number of ether oxygens (including phenoxy) is 2. The Hall–Kier alpha value is -4.26. The summed E-state index contributed by atoms with van der Waals surface area (Å²) in [5, 5.41) is 0. The first kappa shape index (κ1) is 21.0. The summed E-state index contributed by atoms with van der Waals surface area (Å²) in [5.74, 6) is -1.17. The van der Waals surface area contributed by atoms with E-state index in [1.165, 1.54) is 0 Å². The highest BCUT2D eigenvalue weighted by molar-refractivity contribution is 6.22. The molecule has 32 heavy (non-hydrogen) atoms. The lowest BCUT2D eigenvalue weighted by molar-refractivity contribution is -0.134. The van der Waals surface area contributed by atoms with Crippen molar-refractivity contribution in [1.82, 2.24) is 9.88 Å². The average molecular weight is 428 g/mol. The lowest BCUT2D eigenvalue weighted by Gasteiger charge is -2.15. The van der Waals surface area contributed by atoms with Crippen LogP contribution in [0.5, 0.6) is 11.5 Å². The highest BCUT2D eigenvalue weighted by atomic mass is 16.6. The molecule has 7 nitrogen and oxygen atoms in total. The number of amides is 2. The van der Waals surface area contributed by atoms with Crippen molar-refractivity contribution in [2.24, 2.45) is 0 Å². The van der Waals surface area contributed by atoms with Gasteiger partial charge in [0.2, 0.25) is 0 Å². The third-order valence-electron chi connectivity index (χ3n) is 4.79. The van der Waals surface area contributed by atoms with Crippen LogP contribution in [0.4, 0.5) is 0 Å². The molecule has 0 atom stereocenters.